The lowest BCUT2D eigenvalue weighted by Gasteiger charge is -2.02. The number of aromatic nitrogens is 4. The van der Waals surface area contributed by atoms with Gasteiger partial charge in [-0.2, -0.15) is 4.98 Å². The fraction of sp³-hybridized carbons (Fsp3) is 0.500. The van der Waals surface area contributed by atoms with Gasteiger partial charge in [-0.15, -0.1) is 0 Å². The van der Waals surface area contributed by atoms with Crippen molar-refractivity contribution < 1.29 is 13.8 Å². The van der Waals surface area contributed by atoms with Gasteiger partial charge in [-0.1, -0.05) is 10.3 Å². The average Bonchev–Trinajstić information content (AvgIpc) is 2.98. The molecule has 5 rings (SSSR count). The summed E-state index contributed by atoms with van der Waals surface area (Å²) in [5.41, 5.74) is 3.22. The number of ether oxygens (including phenoxy) is 1. The SMILES string of the molecule is Cc1noc2nc(C3CC3)cc(-c3nc(C4CCOC4)no3)c12. The van der Waals surface area contributed by atoms with Crippen LogP contribution in [0, 0.1) is 6.92 Å². The quantitative estimate of drug-likeness (QED) is 0.734. The summed E-state index contributed by atoms with van der Waals surface area (Å²) in [4.78, 5) is 9.19. The minimum atomic E-state index is 0.219. The zero-order valence-electron chi connectivity index (χ0n) is 12.8. The predicted octanol–water partition coefficient (Wildman–Crippen LogP) is 2.96. The molecule has 0 radical (unpaired) electrons. The molecule has 0 N–H and O–H groups in total. The zero-order chi connectivity index (χ0) is 15.4. The first-order chi connectivity index (χ1) is 11.3. The van der Waals surface area contributed by atoms with Crippen LogP contribution in [0.3, 0.4) is 0 Å². The molecule has 0 spiro atoms. The van der Waals surface area contributed by atoms with Gasteiger partial charge in [0.15, 0.2) is 5.82 Å². The Labute approximate surface area is 132 Å². The number of pyridine rings is 1. The molecule has 2 fully saturated rings. The maximum absolute atomic E-state index is 5.54. The highest BCUT2D eigenvalue weighted by Gasteiger charge is 2.29. The summed E-state index contributed by atoms with van der Waals surface area (Å²) in [5.74, 6) is 1.95. The van der Waals surface area contributed by atoms with Gasteiger partial charge in [0.05, 0.1) is 23.3 Å². The normalized spacial score (nSPS) is 21.3. The van der Waals surface area contributed by atoms with Crippen molar-refractivity contribution in [1.82, 2.24) is 20.3 Å². The van der Waals surface area contributed by atoms with Gasteiger partial charge in [-0.05, 0) is 32.3 Å². The van der Waals surface area contributed by atoms with E-state index in [1.54, 1.807) is 0 Å². The molecule has 1 aliphatic heterocycles. The van der Waals surface area contributed by atoms with Gasteiger partial charge in [-0.25, -0.2) is 4.98 Å². The van der Waals surface area contributed by atoms with E-state index < -0.39 is 0 Å². The second-order valence-electron chi connectivity index (χ2n) is 6.34. The van der Waals surface area contributed by atoms with Crippen LogP contribution in [-0.2, 0) is 4.74 Å². The van der Waals surface area contributed by atoms with E-state index in [1.165, 1.54) is 12.8 Å². The third kappa shape index (κ3) is 2.15. The van der Waals surface area contributed by atoms with Gasteiger partial charge >= 0.3 is 0 Å². The molecular weight excluding hydrogens is 296 g/mol. The molecule has 23 heavy (non-hydrogen) atoms. The van der Waals surface area contributed by atoms with Crippen LogP contribution in [0.2, 0.25) is 0 Å². The first-order valence-corrected chi connectivity index (χ1v) is 7.98. The monoisotopic (exact) mass is 312 g/mol. The van der Waals surface area contributed by atoms with Crippen LogP contribution in [-0.4, -0.2) is 33.5 Å². The summed E-state index contributed by atoms with van der Waals surface area (Å²) in [7, 11) is 0. The van der Waals surface area contributed by atoms with Crippen molar-refractivity contribution in [2.45, 2.75) is 38.0 Å². The molecule has 7 nitrogen and oxygen atoms in total. The lowest BCUT2D eigenvalue weighted by molar-refractivity contribution is 0.192. The molecule has 0 bridgehead atoms. The highest BCUT2D eigenvalue weighted by molar-refractivity contribution is 5.91. The first kappa shape index (κ1) is 13.2. The highest BCUT2D eigenvalue weighted by Crippen LogP contribution is 2.42. The number of rotatable bonds is 3. The molecule has 3 aromatic rings. The van der Waals surface area contributed by atoms with E-state index in [0.717, 1.165) is 35.4 Å². The topological polar surface area (TPSA) is 87.1 Å². The van der Waals surface area contributed by atoms with Crippen molar-refractivity contribution in [3.05, 3.63) is 23.3 Å². The summed E-state index contributed by atoms with van der Waals surface area (Å²) in [5, 5.41) is 9.04. The third-order valence-corrected chi connectivity index (χ3v) is 4.60. The Balaban J connectivity index is 1.64. The molecule has 1 saturated heterocycles. The van der Waals surface area contributed by atoms with Gasteiger partial charge in [0, 0.05) is 24.1 Å². The number of fused-ring (bicyclic) bond motifs is 1. The van der Waals surface area contributed by atoms with E-state index in [9.17, 15) is 0 Å². The van der Waals surface area contributed by atoms with Crippen LogP contribution in [0.4, 0.5) is 0 Å². The van der Waals surface area contributed by atoms with Crippen LogP contribution in [0.5, 0.6) is 0 Å². The maximum Gasteiger partial charge on any atom is 0.259 e. The number of nitrogens with zero attached hydrogens (tertiary/aromatic N) is 4. The average molecular weight is 312 g/mol. The number of hydrogen-bond acceptors (Lipinski definition) is 7. The third-order valence-electron chi connectivity index (χ3n) is 4.60. The van der Waals surface area contributed by atoms with E-state index in [-0.39, 0.29) is 5.92 Å². The minimum Gasteiger partial charge on any atom is -0.381 e. The molecule has 0 amide bonds. The Bertz CT molecular complexity index is 875. The zero-order valence-corrected chi connectivity index (χ0v) is 12.8. The van der Waals surface area contributed by atoms with E-state index in [0.29, 0.717) is 30.0 Å². The standard InChI is InChI=1S/C16H16N4O3/c1-8-13-11(6-12(9-2-3-9)17-16(13)23-19-8)15-18-14(20-22-15)10-4-5-21-7-10/h6,9-10H,2-5,7H2,1H3. The Kier molecular flexibility index (Phi) is 2.78. The van der Waals surface area contributed by atoms with Crippen molar-refractivity contribution in [2.24, 2.45) is 0 Å². The van der Waals surface area contributed by atoms with Crippen molar-refractivity contribution in [3.63, 3.8) is 0 Å². The molecule has 2 aliphatic rings. The molecule has 1 saturated carbocycles. The summed E-state index contributed by atoms with van der Waals surface area (Å²) in [6, 6.07) is 2.05. The molecule has 3 aromatic heterocycles. The van der Waals surface area contributed by atoms with Gasteiger partial charge in [0.1, 0.15) is 0 Å². The maximum atomic E-state index is 5.54. The van der Waals surface area contributed by atoms with Crippen molar-refractivity contribution in [1.29, 1.82) is 0 Å². The Morgan fingerprint density at radius 1 is 1.04 bits per heavy atom. The van der Waals surface area contributed by atoms with Crippen LogP contribution in [0.25, 0.3) is 22.6 Å². The molecule has 0 aromatic carbocycles. The van der Waals surface area contributed by atoms with Crippen molar-refractivity contribution in [2.75, 3.05) is 13.2 Å². The second-order valence-corrected chi connectivity index (χ2v) is 6.34. The Morgan fingerprint density at radius 2 is 1.96 bits per heavy atom. The first-order valence-electron chi connectivity index (χ1n) is 7.98. The Hall–Kier alpha value is -2.28. The fourth-order valence-corrected chi connectivity index (χ4v) is 3.12. The van der Waals surface area contributed by atoms with Crippen LogP contribution < -0.4 is 0 Å². The lowest BCUT2D eigenvalue weighted by Crippen LogP contribution is -1.99. The lowest BCUT2D eigenvalue weighted by atomic mass is 10.1. The van der Waals surface area contributed by atoms with Gasteiger partial charge in [-0.3, -0.25) is 0 Å². The summed E-state index contributed by atoms with van der Waals surface area (Å²) >= 11 is 0. The van der Waals surface area contributed by atoms with Gasteiger partial charge < -0.3 is 13.8 Å². The highest BCUT2D eigenvalue weighted by atomic mass is 16.5. The van der Waals surface area contributed by atoms with Crippen LogP contribution in [0.1, 0.15) is 48.3 Å². The smallest absolute Gasteiger partial charge is 0.259 e. The molecule has 4 heterocycles. The predicted molar refractivity (Wildman–Crippen MR) is 80.0 cm³/mol. The molecule has 1 unspecified atom stereocenters. The van der Waals surface area contributed by atoms with Crippen LogP contribution >= 0.6 is 0 Å². The largest absolute Gasteiger partial charge is 0.381 e. The summed E-state index contributed by atoms with van der Waals surface area (Å²) < 4.78 is 16.3. The van der Waals surface area contributed by atoms with E-state index in [2.05, 4.69) is 20.3 Å². The van der Waals surface area contributed by atoms with Crippen molar-refractivity contribution >= 4 is 11.1 Å². The molecule has 1 aliphatic carbocycles. The fourth-order valence-electron chi connectivity index (χ4n) is 3.12. The molecule has 7 heteroatoms. The number of aryl methyl sites for hydroxylation is 1. The summed E-state index contributed by atoms with van der Waals surface area (Å²) in [6.45, 7) is 3.31. The van der Waals surface area contributed by atoms with Crippen LogP contribution in [0.15, 0.2) is 15.1 Å². The molecule has 1 atom stereocenters. The molecule has 118 valence electrons. The van der Waals surface area contributed by atoms with Gasteiger partial charge in [0.25, 0.3) is 11.6 Å². The van der Waals surface area contributed by atoms with E-state index in [4.69, 9.17) is 13.8 Å². The minimum absolute atomic E-state index is 0.219. The molecular formula is C16H16N4O3. The summed E-state index contributed by atoms with van der Waals surface area (Å²) in [6.07, 6.45) is 3.27. The van der Waals surface area contributed by atoms with E-state index >= 15 is 0 Å². The van der Waals surface area contributed by atoms with E-state index in [1.807, 2.05) is 13.0 Å². The number of hydrogen-bond donors (Lipinski definition) is 0. The Morgan fingerprint density at radius 3 is 2.74 bits per heavy atom. The van der Waals surface area contributed by atoms with Gasteiger partial charge in [0.2, 0.25) is 0 Å². The second kappa shape index (κ2) is 4.86. The van der Waals surface area contributed by atoms with Crippen molar-refractivity contribution in [3.8, 4) is 11.5 Å².